The molecule has 1 fully saturated rings. The summed E-state index contributed by atoms with van der Waals surface area (Å²) in [7, 11) is 1.34. The Kier molecular flexibility index (Phi) is 6.64. The maximum Gasteiger partial charge on any atom is 0.387 e. The summed E-state index contributed by atoms with van der Waals surface area (Å²) in [5.41, 5.74) is 0.394. The monoisotopic (exact) mass is 322 g/mol. The van der Waals surface area contributed by atoms with E-state index in [4.69, 9.17) is 4.74 Å². The average Bonchev–Trinajstić information content (AvgIpc) is 2.47. The van der Waals surface area contributed by atoms with E-state index in [0.29, 0.717) is 18.7 Å². The van der Waals surface area contributed by atoms with Crippen LogP contribution in [0.1, 0.15) is 10.4 Å². The Labute approximate surface area is 127 Å². The van der Waals surface area contributed by atoms with Crippen LogP contribution >= 0.6 is 12.4 Å². The van der Waals surface area contributed by atoms with Gasteiger partial charge in [0.15, 0.2) is 11.5 Å². The van der Waals surface area contributed by atoms with Gasteiger partial charge in [-0.2, -0.15) is 8.78 Å². The summed E-state index contributed by atoms with van der Waals surface area (Å²) in [5.74, 6) is -0.112. The van der Waals surface area contributed by atoms with Gasteiger partial charge in [0.1, 0.15) is 0 Å². The van der Waals surface area contributed by atoms with Crippen LogP contribution in [0.5, 0.6) is 11.5 Å². The van der Waals surface area contributed by atoms with Crippen molar-refractivity contribution in [1.29, 1.82) is 0 Å². The molecule has 1 aliphatic rings. The lowest BCUT2D eigenvalue weighted by Gasteiger charge is -2.27. The van der Waals surface area contributed by atoms with Crippen molar-refractivity contribution in [3.63, 3.8) is 0 Å². The van der Waals surface area contributed by atoms with E-state index in [1.54, 1.807) is 4.90 Å². The number of alkyl halides is 2. The van der Waals surface area contributed by atoms with Gasteiger partial charge >= 0.3 is 6.61 Å². The molecule has 0 aliphatic carbocycles. The van der Waals surface area contributed by atoms with Gasteiger partial charge < -0.3 is 19.7 Å². The SMILES string of the molecule is COc1cc(C(=O)N2CCNCC2)ccc1OC(F)F.Cl. The minimum absolute atomic E-state index is 0. The molecule has 1 aromatic rings. The number of amides is 1. The number of carbonyl (C=O) groups excluding carboxylic acids is 1. The molecule has 0 saturated carbocycles. The summed E-state index contributed by atoms with van der Waals surface area (Å²) < 4.78 is 33.8. The first-order valence-electron chi connectivity index (χ1n) is 6.24. The molecule has 0 atom stereocenters. The molecule has 21 heavy (non-hydrogen) atoms. The molecule has 0 spiro atoms. The van der Waals surface area contributed by atoms with Gasteiger partial charge in [-0.25, -0.2) is 0 Å². The summed E-state index contributed by atoms with van der Waals surface area (Å²) in [6, 6.07) is 4.20. The van der Waals surface area contributed by atoms with E-state index < -0.39 is 6.61 Å². The Hall–Kier alpha value is -1.60. The van der Waals surface area contributed by atoms with Crippen LogP contribution in [0.4, 0.5) is 8.78 Å². The van der Waals surface area contributed by atoms with Gasteiger partial charge in [-0.15, -0.1) is 12.4 Å². The zero-order chi connectivity index (χ0) is 14.5. The van der Waals surface area contributed by atoms with Gasteiger partial charge in [-0.3, -0.25) is 4.79 Å². The Morgan fingerprint density at radius 1 is 1.29 bits per heavy atom. The standard InChI is InChI=1S/C13H16F2N2O3.ClH/c1-19-11-8-9(2-3-10(11)20-13(14)15)12(18)17-6-4-16-5-7-17;/h2-3,8,13,16H,4-7H2,1H3;1H. The quantitative estimate of drug-likeness (QED) is 0.918. The normalized spacial score (nSPS) is 14.6. The molecule has 2 rings (SSSR count). The minimum Gasteiger partial charge on any atom is -0.493 e. The lowest BCUT2D eigenvalue weighted by atomic mass is 10.1. The zero-order valence-electron chi connectivity index (χ0n) is 11.5. The highest BCUT2D eigenvalue weighted by molar-refractivity contribution is 5.95. The van der Waals surface area contributed by atoms with Gasteiger partial charge in [-0.05, 0) is 18.2 Å². The van der Waals surface area contributed by atoms with E-state index >= 15 is 0 Å². The molecule has 0 bridgehead atoms. The van der Waals surface area contributed by atoms with E-state index in [9.17, 15) is 13.6 Å². The van der Waals surface area contributed by atoms with Gasteiger partial charge in [0.25, 0.3) is 5.91 Å². The maximum absolute atomic E-state index is 12.3. The molecule has 1 aromatic carbocycles. The number of rotatable bonds is 4. The Bertz CT molecular complexity index is 482. The fraction of sp³-hybridized carbons (Fsp3) is 0.462. The third-order valence-corrected chi connectivity index (χ3v) is 3.03. The van der Waals surface area contributed by atoms with Crippen molar-refractivity contribution in [1.82, 2.24) is 10.2 Å². The number of benzene rings is 1. The van der Waals surface area contributed by atoms with E-state index in [1.807, 2.05) is 0 Å². The van der Waals surface area contributed by atoms with Crippen molar-refractivity contribution in [3.8, 4) is 11.5 Å². The summed E-state index contributed by atoms with van der Waals surface area (Å²) >= 11 is 0. The molecular weight excluding hydrogens is 306 g/mol. The largest absolute Gasteiger partial charge is 0.493 e. The molecule has 0 aromatic heterocycles. The van der Waals surface area contributed by atoms with Crippen molar-refractivity contribution < 1.29 is 23.0 Å². The Morgan fingerprint density at radius 2 is 1.95 bits per heavy atom. The number of nitrogens with one attached hydrogen (secondary N) is 1. The second-order valence-electron chi connectivity index (χ2n) is 4.29. The van der Waals surface area contributed by atoms with Crippen molar-refractivity contribution in [2.24, 2.45) is 0 Å². The number of carbonyl (C=O) groups is 1. The predicted octanol–water partition coefficient (Wildman–Crippen LogP) is 1.76. The van der Waals surface area contributed by atoms with Crippen LogP contribution in [0.3, 0.4) is 0 Å². The van der Waals surface area contributed by atoms with E-state index in [2.05, 4.69) is 10.1 Å². The number of hydrogen-bond acceptors (Lipinski definition) is 4. The van der Waals surface area contributed by atoms with Crippen LogP contribution in [0.15, 0.2) is 18.2 Å². The van der Waals surface area contributed by atoms with E-state index in [0.717, 1.165) is 13.1 Å². The molecular formula is C13H17ClF2N2O3. The summed E-state index contributed by atoms with van der Waals surface area (Å²) in [6.45, 7) is -0.198. The van der Waals surface area contributed by atoms with Gasteiger partial charge in [0.05, 0.1) is 7.11 Å². The first kappa shape index (κ1) is 17.5. The van der Waals surface area contributed by atoms with Crippen LogP contribution in [0.25, 0.3) is 0 Å². The third kappa shape index (κ3) is 4.44. The minimum atomic E-state index is -2.93. The second-order valence-corrected chi connectivity index (χ2v) is 4.29. The number of piperazine rings is 1. The third-order valence-electron chi connectivity index (χ3n) is 3.03. The topological polar surface area (TPSA) is 50.8 Å². The second kappa shape index (κ2) is 7.99. The number of nitrogens with zero attached hydrogens (tertiary/aromatic N) is 1. The lowest BCUT2D eigenvalue weighted by molar-refractivity contribution is -0.0512. The first-order chi connectivity index (χ1) is 9.61. The zero-order valence-corrected chi connectivity index (χ0v) is 12.3. The molecule has 8 heteroatoms. The van der Waals surface area contributed by atoms with Gasteiger partial charge in [-0.1, -0.05) is 0 Å². The molecule has 1 N–H and O–H groups in total. The molecule has 0 unspecified atom stereocenters. The molecule has 1 amide bonds. The van der Waals surface area contributed by atoms with Crippen LogP contribution in [0.2, 0.25) is 0 Å². The molecule has 1 aliphatic heterocycles. The van der Waals surface area contributed by atoms with Crippen LogP contribution in [-0.4, -0.2) is 50.7 Å². The molecule has 1 saturated heterocycles. The number of methoxy groups -OCH3 is 1. The van der Waals surface area contributed by atoms with Gasteiger partial charge in [0, 0.05) is 31.7 Å². The van der Waals surface area contributed by atoms with Crippen molar-refractivity contribution in [2.45, 2.75) is 6.61 Å². The van der Waals surface area contributed by atoms with Crippen molar-refractivity contribution >= 4 is 18.3 Å². The first-order valence-corrected chi connectivity index (χ1v) is 6.24. The fourth-order valence-corrected chi connectivity index (χ4v) is 2.04. The number of hydrogen-bond donors (Lipinski definition) is 1. The Balaban J connectivity index is 0.00000220. The van der Waals surface area contributed by atoms with E-state index in [-0.39, 0.29) is 29.8 Å². The molecule has 118 valence electrons. The lowest BCUT2D eigenvalue weighted by Crippen LogP contribution is -2.46. The molecule has 5 nitrogen and oxygen atoms in total. The van der Waals surface area contributed by atoms with Crippen LogP contribution < -0.4 is 14.8 Å². The highest BCUT2D eigenvalue weighted by Crippen LogP contribution is 2.29. The highest BCUT2D eigenvalue weighted by atomic mass is 35.5. The summed E-state index contributed by atoms with van der Waals surface area (Å²) in [5, 5.41) is 3.15. The van der Waals surface area contributed by atoms with Crippen LogP contribution in [0, 0.1) is 0 Å². The molecule has 0 radical (unpaired) electrons. The predicted molar refractivity (Wildman–Crippen MR) is 75.6 cm³/mol. The molecule has 1 heterocycles. The summed E-state index contributed by atoms with van der Waals surface area (Å²) in [4.78, 5) is 14.0. The van der Waals surface area contributed by atoms with Crippen LogP contribution in [-0.2, 0) is 0 Å². The maximum atomic E-state index is 12.3. The number of halogens is 3. The van der Waals surface area contributed by atoms with Gasteiger partial charge in [0.2, 0.25) is 0 Å². The Morgan fingerprint density at radius 3 is 2.52 bits per heavy atom. The average molecular weight is 323 g/mol. The summed E-state index contributed by atoms with van der Waals surface area (Å²) in [6.07, 6.45) is 0. The fourth-order valence-electron chi connectivity index (χ4n) is 2.04. The number of ether oxygens (including phenoxy) is 2. The highest BCUT2D eigenvalue weighted by Gasteiger charge is 2.20. The van der Waals surface area contributed by atoms with Crippen molar-refractivity contribution in [3.05, 3.63) is 23.8 Å². The van der Waals surface area contributed by atoms with E-state index in [1.165, 1.54) is 25.3 Å². The smallest absolute Gasteiger partial charge is 0.387 e. The van der Waals surface area contributed by atoms with Crippen molar-refractivity contribution in [2.75, 3.05) is 33.3 Å².